The van der Waals surface area contributed by atoms with Crippen molar-refractivity contribution in [2.75, 3.05) is 49.1 Å². The normalized spacial score (nSPS) is 22.8. The Bertz CT molecular complexity index is 1100. The molecule has 0 radical (unpaired) electrons. The van der Waals surface area contributed by atoms with Crippen LogP contribution >= 0.6 is 0 Å². The zero-order valence-electron chi connectivity index (χ0n) is 19.2. The van der Waals surface area contributed by atoms with Gasteiger partial charge in [-0.3, -0.25) is 9.13 Å². The standard InChI is InChI=1S/C22H35N5O3S/c1-22(2,3)16-27-18-7-8-19(23-20(18)24(4)21(27)28)26-9-5-6-17(15-26)14-25-10-12-31(29,30)13-11-25/h7-8,17H,5-6,9-16H2,1-4H3. The molecule has 2 fully saturated rings. The molecule has 2 aromatic rings. The number of rotatable bonds is 4. The SMILES string of the molecule is Cn1c(=O)n(CC(C)(C)C)c2ccc(N3CCCC(CN4CCS(=O)(=O)CC4)C3)nc21. The number of piperidine rings is 1. The summed E-state index contributed by atoms with van der Waals surface area (Å²) in [7, 11) is -1.04. The number of nitrogens with zero attached hydrogens (tertiary/aromatic N) is 5. The van der Waals surface area contributed by atoms with Crippen molar-refractivity contribution < 1.29 is 8.42 Å². The van der Waals surface area contributed by atoms with E-state index in [0.717, 1.165) is 49.5 Å². The monoisotopic (exact) mass is 449 g/mol. The Kier molecular flexibility index (Phi) is 5.93. The summed E-state index contributed by atoms with van der Waals surface area (Å²) in [4.78, 5) is 22.3. The number of aromatic nitrogens is 3. The zero-order chi connectivity index (χ0) is 22.4. The minimum atomic E-state index is -2.84. The summed E-state index contributed by atoms with van der Waals surface area (Å²) in [6, 6.07) is 4.07. The van der Waals surface area contributed by atoms with Gasteiger partial charge in [0.2, 0.25) is 0 Å². The van der Waals surface area contributed by atoms with Crippen molar-refractivity contribution in [3.8, 4) is 0 Å². The van der Waals surface area contributed by atoms with Gasteiger partial charge in [0.15, 0.2) is 15.5 Å². The van der Waals surface area contributed by atoms with Gasteiger partial charge in [-0.05, 0) is 36.3 Å². The van der Waals surface area contributed by atoms with E-state index in [4.69, 9.17) is 4.98 Å². The van der Waals surface area contributed by atoms with Crippen molar-refractivity contribution in [2.45, 2.75) is 40.2 Å². The first-order chi connectivity index (χ1) is 14.5. The van der Waals surface area contributed by atoms with Crippen LogP contribution in [0.25, 0.3) is 11.2 Å². The molecule has 0 amide bonds. The van der Waals surface area contributed by atoms with Gasteiger partial charge < -0.3 is 9.80 Å². The highest BCUT2D eigenvalue weighted by Gasteiger charge is 2.27. The number of hydrogen-bond acceptors (Lipinski definition) is 6. The number of pyridine rings is 1. The fourth-order valence-corrected chi connectivity index (χ4v) is 6.06. The van der Waals surface area contributed by atoms with Crippen LogP contribution in [0, 0.1) is 11.3 Å². The van der Waals surface area contributed by atoms with Crippen LogP contribution in [0.3, 0.4) is 0 Å². The summed E-state index contributed by atoms with van der Waals surface area (Å²) < 4.78 is 26.9. The molecule has 0 N–H and O–H groups in total. The molecule has 1 unspecified atom stereocenters. The Morgan fingerprint density at radius 1 is 1.13 bits per heavy atom. The molecule has 2 aromatic heterocycles. The van der Waals surface area contributed by atoms with Crippen LogP contribution in [-0.2, 0) is 23.4 Å². The predicted octanol–water partition coefficient (Wildman–Crippen LogP) is 1.73. The van der Waals surface area contributed by atoms with Crippen LogP contribution < -0.4 is 10.6 Å². The third-order valence-corrected chi connectivity index (χ3v) is 8.00. The molecule has 4 heterocycles. The van der Waals surface area contributed by atoms with Crippen molar-refractivity contribution in [1.29, 1.82) is 0 Å². The number of sulfone groups is 1. The first-order valence-corrected chi connectivity index (χ1v) is 13.1. The molecule has 0 aromatic carbocycles. The molecule has 0 aliphatic carbocycles. The second-order valence-corrected chi connectivity index (χ2v) is 12.7. The summed E-state index contributed by atoms with van der Waals surface area (Å²) in [5, 5.41) is 0. The fraction of sp³-hybridized carbons (Fsp3) is 0.727. The molecule has 31 heavy (non-hydrogen) atoms. The average molecular weight is 450 g/mol. The van der Waals surface area contributed by atoms with Gasteiger partial charge in [0.05, 0.1) is 17.0 Å². The summed E-state index contributed by atoms with van der Waals surface area (Å²) in [6.07, 6.45) is 2.25. The highest BCUT2D eigenvalue weighted by Crippen LogP contribution is 2.26. The first-order valence-electron chi connectivity index (χ1n) is 11.3. The Morgan fingerprint density at radius 3 is 2.52 bits per heavy atom. The number of aryl methyl sites for hydroxylation is 1. The lowest BCUT2D eigenvalue weighted by molar-refractivity contribution is 0.229. The van der Waals surface area contributed by atoms with E-state index >= 15 is 0 Å². The van der Waals surface area contributed by atoms with Crippen LogP contribution in [0.1, 0.15) is 33.6 Å². The largest absolute Gasteiger partial charge is 0.356 e. The number of fused-ring (bicyclic) bond motifs is 1. The molecule has 172 valence electrons. The van der Waals surface area contributed by atoms with E-state index in [1.54, 1.807) is 11.6 Å². The van der Waals surface area contributed by atoms with Gasteiger partial charge in [0.1, 0.15) is 5.82 Å². The maximum atomic E-state index is 12.8. The van der Waals surface area contributed by atoms with Crippen molar-refractivity contribution in [3.05, 3.63) is 22.6 Å². The molecule has 0 spiro atoms. The third-order valence-electron chi connectivity index (χ3n) is 6.40. The smallest absolute Gasteiger partial charge is 0.330 e. The zero-order valence-corrected chi connectivity index (χ0v) is 20.0. The number of imidazole rings is 1. The van der Waals surface area contributed by atoms with Crippen LogP contribution in [-0.4, -0.2) is 71.7 Å². The molecular weight excluding hydrogens is 414 g/mol. The lowest BCUT2D eigenvalue weighted by atomic mass is 9.97. The summed E-state index contributed by atoms with van der Waals surface area (Å²) >= 11 is 0. The van der Waals surface area contributed by atoms with E-state index in [1.807, 2.05) is 16.7 Å². The summed E-state index contributed by atoms with van der Waals surface area (Å²) in [6.45, 7) is 11.1. The van der Waals surface area contributed by atoms with E-state index in [9.17, 15) is 13.2 Å². The highest BCUT2D eigenvalue weighted by molar-refractivity contribution is 7.91. The number of hydrogen-bond donors (Lipinski definition) is 0. The molecule has 2 saturated heterocycles. The molecule has 2 aliphatic rings. The van der Waals surface area contributed by atoms with E-state index in [1.165, 1.54) is 0 Å². The quantitative estimate of drug-likeness (QED) is 0.707. The summed E-state index contributed by atoms with van der Waals surface area (Å²) in [5.41, 5.74) is 1.60. The van der Waals surface area contributed by atoms with Crippen LogP contribution in [0.2, 0.25) is 0 Å². The molecular formula is C22H35N5O3S. The van der Waals surface area contributed by atoms with Gasteiger partial charge >= 0.3 is 5.69 Å². The lowest BCUT2D eigenvalue weighted by Crippen LogP contribution is -2.46. The van der Waals surface area contributed by atoms with Crippen molar-refractivity contribution in [3.63, 3.8) is 0 Å². The fourth-order valence-electron chi connectivity index (χ4n) is 4.79. The van der Waals surface area contributed by atoms with Crippen molar-refractivity contribution >= 4 is 26.8 Å². The molecule has 4 rings (SSSR count). The maximum Gasteiger partial charge on any atom is 0.330 e. The minimum absolute atomic E-state index is 0.00462. The van der Waals surface area contributed by atoms with E-state index < -0.39 is 9.84 Å². The van der Waals surface area contributed by atoms with Gasteiger partial charge in [0, 0.05) is 46.3 Å². The van der Waals surface area contributed by atoms with Crippen LogP contribution in [0.5, 0.6) is 0 Å². The van der Waals surface area contributed by atoms with Gasteiger partial charge in [-0.25, -0.2) is 18.2 Å². The van der Waals surface area contributed by atoms with Crippen molar-refractivity contribution in [1.82, 2.24) is 19.0 Å². The molecule has 9 heteroatoms. The maximum absolute atomic E-state index is 12.8. The van der Waals surface area contributed by atoms with E-state index in [2.05, 4.69) is 30.6 Å². The molecule has 2 aliphatic heterocycles. The van der Waals surface area contributed by atoms with Crippen LogP contribution in [0.15, 0.2) is 16.9 Å². The predicted molar refractivity (Wildman–Crippen MR) is 124 cm³/mol. The number of anilines is 1. The lowest BCUT2D eigenvalue weighted by Gasteiger charge is -2.37. The van der Waals surface area contributed by atoms with Gasteiger partial charge in [-0.1, -0.05) is 20.8 Å². The van der Waals surface area contributed by atoms with Crippen LogP contribution in [0.4, 0.5) is 5.82 Å². The Morgan fingerprint density at radius 2 is 1.84 bits per heavy atom. The second kappa shape index (κ2) is 8.24. The molecule has 8 nitrogen and oxygen atoms in total. The Hall–Kier alpha value is -1.87. The van der Waals surface area contributed by atoms with Gasteiger partial charge in [0.25, 0.3) is 0 Å². The van der Waals surface area contributed by atoms with E-state index in [-0.39, 0.29) is 22.6 Å². The molecule has 0 saturated carbocycles. The summed E-state index contributed by atoms with van der Waals surface area (Å²) in [5.74, 6) is 1.98. The highest BCUT2D eigenvalue weighted by atomic mass is 32.2. The topological polar surface area (TPSA) is 80.4 Å². The van der Waals surface area contributed by atoms with E-state index in [0.29, 0.717) is 25.6 Å². The Balaban J connectivity index is 1.50. The van der Waals surface area contributed by atoms with Gasteiger partial charge in [-0.2, -0.15) is 0 Å². The Labute approximate surface area is 184 Å². The third kappa shape index (κ3) is 4.98. The second-order valence-electron chi connectivity index (χ2n) is 10.4. The van der Waals surface area contributed by atoms with Gasteiger partial charge in [-0.15, -0.1) is 0 Å². The molecule has 1 atom stereocenters. The minimum Gasteiger partial charge on any atom is -0.356 e. The van der Waals surface area contributed by atoms with Crippen molar-refractivity contribution in [2.24, 2.45) is 18.4 Å². The first kappa shape index (κ1) is 22.3. The average Bonchev–Trinajstić information content (AvgIpc) is 2.93. The molecule has 0 bridgehead atoms.